The topological polar surface area (TPSA) is 113 Å². The van der Waals surface area contributed by atoms with E-state index in [0.717, 1.165) is 84.6 Å². The number of phosphoric ester groups is 1. The summed E-state index contributed by atoms with van der Waals surface area (Å²) in [4.78, 5) is 9.07. The molecule has 0 aromatic carbocycles. The molecule has 5 N–H and O–H groups in total. The molecule has 1 atom stereocenters. The molecule has 0 aliphatic carbocycles. The van der Waals surface area contributed by atoms with Gasteiger partial charge in [0.05, 0.1) is 6.61 Å². The molecule has 0 spiro atoms. The number of nitrogens with one attached hydrogen (secondary N) is 4. The Balaban J connectivity index is 3.06. The molecule has 0 fully saturated rings. The first-order valence-corrected chi connectivity index (χ1v) is 13.0. The van der Waals surface area contributed by atoms with Crippen LogP contribution in [0.15, 0.2) is 0 Å². The molecular weight excluding hydrogens is 407 g/mol. The second-order valence-electron chi connectivity index (χ2n) is 7.31. The molecule has 0 aromatic heterocycles. The highest BCUT2D eigenvalue weighted by Gasteiger charge is 2.17. The fourth-order valence-corrected chi connectivity index (χ4v) is 3.22. The molecule has 9 nitrogen and oxygen atoms in total. The maximum atomic E-state index is 11.1. The summed E-state index contributed by atoms with van der Waals surface area (Å²) in [5, 5.41) is 13.8. The zero-order valence-electron chi connectivity index (χ0n) is 19.3. The van der Waals surface area contributed by atoms with Gasteiger partial charge in [0.2, 0.25) is 0 Å². The van der Waals surface area contributed by atoms with Crippen LogP contribution in [-0.2, 0) is 18.3 Å². The summed E-state index contributed by atoms with van der Waals surface area (Å²) in [6, 6.07) is 0. The van der Waals surface area contributed by atoms with Crippen LogP contribution >= 0.6 is 7.82 Å². The third-order valence-corrected chi connectivity index (χ3v) is 5.53. The Morgan fingerprint density at radius 3 is 1.37 bits per heavy atom. The van der Waals surface area contributed by atoms with Gasteiger partial charge in [-0.25, -0.2) is 4.57 Å². The van der Waals surface area contributed by atoms with Crippen LogP contribution in [0.3, 0.4) is 0 Å². The van der Waals surface area contributed by atoms with Crippen LogP contribution < -0.4 is 21.3 Å². The molecule has 0 aliphatic rings. The van der Waals surface area contributed by atoms with Crippen molar-refractivity contribution in [3.05, 3.63) is 0 Å². The molecule has 182 valence electrons. The Kier molecular flexibility index (Phi) is 23.5. The van der Waals surface area contributed by atoms with Crippen LogP contribution in [0.25, 0.3) is 0 Å². The van der Waals surface area contributed by atoms with Crippen molar-refractivity contribution in [3.63, 3.8) is 0 Å². The maximum Gasteiger partial charge on any atom is 0.471 e. The first kappa shape index (κ1) is 29.9. The summed E-state index contributed by atoms with van der Waals surface area (Å²) in [7, 11) is -0.889. The summed E-state index contributed by atoms with van der Waals surface area (Å²) < 4.78 is 25.2. The molecule has 1 unspecified atom stereocenters. The van der Waals surface area contributed by atoms with Crippen LogP contribution in [0.1, 0.15) is 51.4 Å². The highest BCUT2D eigenvalue weighted by molar-refractivity contribution is 7.47. The summed E-state index contributed by atoms with van der Waals surface area (Å²) in [5.41, 5.74) is 0. The van der Waals surface area contributed by atoms with Crippen molar-refractivity contribution in [2.75, 3.05) is 79.8 Å². The average Bonchev–Trinajstić information content (AvgIpc) is 2.74. The lowest BCUT2D eigenvalue weighted by atomic mass is 10.3. The van der Waals surface area contributed by atoms with Crippen LogP contribution in [0.2, 0.25) is 0 Å². The molecule has 0 saturated heterocycles. The monoisotopic (exact) mass is 454 g/mol. The van der Waals surface area contributed by atoms with E-state index in [1.807, 2.05) is 0 Å². The normalized spacial score (nSPS) is 13.6. The summed E-state index contributed by atoms with van der Waals surface area (Å²) in [6.07, 6.45) is 8.66. The van der Waals surface area contributed by atoms with Gasteiger partial charge in [-0.2, -0.15) is 0 Å². The molecule has 0 aliphatic heterocycles. The van der Waals surface area contributed by atoms with E-state index in [2.05, 4.69) is 25.8 Å². The molecule has 0 bridgehead atoms. The fraction of sp³-hybridized carbons (Fsp3) is 1.00. The first-order chi connectivity index (χ1) is 14.6. The molecule has 0 aromatic rings. The molecule has 0 saturated carbocycles. The zero-order valence-corrected chi connectivity index (χ0v) is 20.1. The van der Waals surface area contributed by atoms with E-state index in [0.29, 0.717) is 0 Å². The molecule has 0 amide bonds. The third-order valence-electron chi connectivity index (χ3n) is 4.56. The van der Waals surface area contributed by atoms with E-state index >= 15 is 0 Å². The van der Waals surface area contributed by atoms with Crippen LogP contribution in [0, 0.1) is 0 Å². The lowest BCUT2D eigenvalue weighted by Crippen LogP contribution is -2.25. The Hall–Kier alpha value is -0.0900. The number of methoxy groups -OCH3 is 1. The quantitative estimate of drug-likeness (QED) is 0.104. The van der Waals surface area contributed by atoms with E-state index in [9.17, 15) is 4.57 Å². The molecular formula is C20H47N4O5P. The second kappa shape index (κ2) is 23.6. The van der Waals surface area contributed by atoms with Crippen molar-refractivity contribution in [1.29, 1.82) is 0 Å². The Morgan fingerprint density at radius 1 is 0.600 bits per heavy atom. The predicted octanol–water partition coefficient (Wildman–Crippen LogP) is 1.88. The zero-order chi connectivity index (χ0) is 22.2. The molecule has 0 radical (unpaired) electrons. The number of rotatable bonds is 25. The summed E-state index contributed by atoms with van der Waals surface area (Å²) in [5.74, 6) is 0. The lowest BCUT2D eigenvalue weighted by molar-refractivity contribution is 0.170. The van der Waals surface area contributed by atoms with Gasteiger partial charge in [-0.05, 0) is 104 Å². The Morgan fingerprint density at radius 2 is 0.967 bits per heavy atom. The highest BCUT2D eigenvalue weighted by Crippen LogP contribution is 2.41. The maximum absolute atomic E-state index is 11.1. The first-order valence-electron chi connectivity index (χ1n) is 11.5. The van der Waals surface area contributed by atoms with Gasteiger partial charge in [0.15, 0.2) is 0 Å². The van der Waals surface area contributed by atoms with E-state index in [-0.39, 0.29) is 6.61 Å². The Bertz CT molecular complexity index is 394. The van der Waals surface area contributed by atoms with E-state index in [4.69, 9.17) is 14.2 Å². The van der Waals surface area contributed by atoms with Crippen LogP contribution in [0.4, 0.5) is 0 Å². The smallest absolute Gasteiger partial charge is 0.385 e. The van der Waals surface area contributed by atoms with Gasteiger partial charge < -0.3 is 30.9 Å². The molecule has 10 heteroatoms. The largest absolute Gasteiger partial charge is 0.471 e. The van der Waals surface area contributed by atoms with Gasteiger partial charge in [-0.3, -0.25) is 9.05 Å². The van der Waals surface area contributed by atoms with Crippen molar-refractivity contribution in [3.8, 4) is 0 Å². The predicted molar refractivity (Wildman–Crippen MR) is 123 cm³/mol. The van der Waals surface area contributed by atoms with Crippen molar-refractivity contribution in [2.45, 2.75) is 51.4 Å². The van der Waals surface area contributed by atoms with Gasteiger partial charge in [0, 0.05) is 20.8 Å². The second-order valence-corrected chi connectivity index (χ2v) is 8.87. The number of unbranched alkanes of at least 4 members (excludes halogenated alkanes) is 3. The van der Waals surface area contributed by atoms with Crippen molar-refractivity contribution in [2.24, 2.45) is 0 Å². The number of hydrogen-bond acceptors (Lipinski definition) is 8. The van der Waals surface area contributed by atoms with Gasteiger partial charge >= 0.3 is 7.82 Å². The average molecular weight is 455 g/mol. The van der Waals surface area contributed by atoms with Gasteiger partial charge in [-0.15, -0.1) is 0 Å². The lowest BCUT2D eigenvalue weighted by Gasteiger charge is -2.09. The molecule has 0 rings (SSSR count). The van der Waals surface area contributed by atoms with Gasteiger partial charge in [0.1, 0.15) is 0 Å². The Labute approximate surface area is 184 Å². The van der Waals surface area contributed by atoms with Crippen molar-refractivity contribution < 1.29 is 23.2 Å². The number of ether oxygens (including phenoxy) is 1. The minimum atomic E-state index is -3.81. The van der Waals surface area contributed by atoms with Crippen LogP contribution in [0.5, 0.6) is 0 Å². The van der Waals surface area contributed by atoms with E-state index in [1.165, 1.54) is 32.8 Å². The molecule has 0 heterocycles. The fourth-order valence-electron chi connectivity index (χ4n) is 2.76. The van der Waals surface area contributed by atoms with E-state index < -0.39 is 7.82 Å². The highest BCUT2D eigenvalue weighted by atomic mass is 31.2. The third kappa shape index (κ3) is 24.2. The van der Waals surface area contributed by atoms with Gasteiger partial charge in [0.25, 0.3) is 0 Å². The minimum Gasteiger partial charge on any atom is -0.385 e. The SMILES string of the molecule is COCCCCNCCCNCCCCNCCCNCCCCOP(=O)(O)OC. The summed E-state index contributed by atoms with van der Waals surface area (Å²) in [6.45, 7) is 9.42. The minimum absolute atomic E-state index is 0.242. The number of phosphoric acid groups is 1. The van der Waals surface area contributed by atoms with E-state index in [1.54, 1.807) is 7.11 Å². The van der Waals surface area contributed by atoms with Crippen molar-refractivity contribution >= 4 is 7.82 Å². The van der Waals surface area contributed by atoms with Gasteiger partial charge in [-0.1, -0.05) is 0 Å². The standard InChI is InChI=1S/C20H47N4O5P/c1-27-19-7-5-13-23-17-9-15-21-11-3-4-12-22-16-10-18-24-14-6-8-20-29-30(25,26)28-2/h21-24H,3-20H2,1-2H3,(H,25,26). The molecule has 30 heavy (non-hydrogen) atoms. The summed E-state index contributed by atoms with van der Waals surface area (Å²) >= 11 is 0. The van der Waals surface area contributed by atoms with Crippen molar-refractivity contribution in [1.82, 2.24) is 21.3 Å². The van der Waals surface area contributed by atoms with Crippen LogP contribution in [-0.4, -0.2) is 84.7 Å². The number of hydrogen-bond donors (Lipinski definition) is 5.